The first kappa shape index (κ1) is 13.8. The van der Waals surface area contributed by atoms with E-state index in [0.717, 1.165) is 32.3 Å². The SMILES string of the molecule is Brc1cc2[nH]c(-c3ccccc3)nc2c2ccc3ccccc3c12. The Morgan fingerprint density at radius 1 is 0.792 bits per heavy atom. The normalized spacial score (nSPS) is 11.5. The zero-order valence-corrected chi connectivity index (χ0v) is 14.3. The minimum Gasteiger partial charge on any atom is -0.338 e. The molecule has 0 unspecified atom stereocenters. The molecular weight excluding hydrogens is 360 g/mol. The fraction of sp³-hybridized carbons (Fsp3) is 0. The third-order valence-corrected chi connectivity index (χ3v) is 5.10. The van der Waals surface area contributed by atoms with Crippen molar-refractivity contribution in [2.75, 3.05) is 0 Å². The number of benzene rings is 4. The van der Waals surface area contributed by atoms with Crippen LogP contribution in [0, 0.1) is 0 Å². The summed E-state index contributed by atoms with van der Waals surface area (Å²) in [5.41, 5.74) is 3.15. The Labute approximate surface area is 147 Å². The molecule has 0 spiro atoms. The van der Waals surface area contributed by atoms with Gasteiger partial charge in [-0.25, -0.2) is 4.98 Å². The number of H-pyrrole nitrogens is 1. The van der Waals surface area contributed by atoms with E-state index in [1.165, 1.54) is 16.2 Å². The van der Waals surface area contributed by atoms with E-state index >= 15 is 0 Å². The molecule has 5 aromatic rings. The van der Waals surface area contributed by atoms with Crippen LogP contribution in [0.25, 0.3) is 44.0 Å². The first-order valence-corrected chi connectivity index (χ1v) is 8.66. The van der Waals surface area contributed by atoms with Gasteiger partial charge in [-0.3, -0.25) is 0 Å². The van der Waals surface area contributed by atoms with E-state index in [1.807, 2.05) is 18.2 Å². The molecule has 3 heteroatoms. The van der Waals surface area contributed by atoms with Gasteiger partial charge in [0.2, 0.25) is 0 Å². The number of hydrogen-bond donors (Lipinski definition) is 1. The van der Waals surface area contributed by atoms with Crippen molar-refractivity contribution in [1.82, 2.24) is 9.97 Å². The lowest BCUT2D eigenvalue weighted by molar-refractivity contribution is 1.34. The number of aromatic nitrogens is 2. The first-order chi connectivity index (χ1) is 11.8. The lowest BCUT2D eigenvalue weighted by Gasteiger charge is -2.06. The number of fused-ring (bicyclic) bond motifs is 5. The molecule has 0 radical (unpaired) electrons. The number of hydrogen-bond acceptors (Lipinski definition) is 1. The smallest absolute Gasteiger partial charge is 0.138 e. The second kappa shape index (κ2) is 5.18. The fourth-order valence-electron chi connectivity index (χ4n) is 3.35. The van der Waals surface area contributed by atoms with Gasteiger partial charge in [-0.1, -0.05) is 82.7 Å². The average molecular weight is 373 g/mol. The third kappa shape index (κ3) is 1.98. The Balaban J connectivity index is 1.90. The molecule has 0 aliphatic rings. The molecule has 0 bridgehead atoms. The second-order valence-electron chi connectivity index (χ2n) is 5.92. The van der Waals surface area contributed by atoms with Crippen LogP contribution in [0.2, 0.25) is 0 Å². The summed E-state index contributed by atoms with van der Waals surface area (Å²) in [6, 6.07) is 25.2. The number of nitrogens with zero attached hydrogens (tertiary/aromatic N) is 1. The summed E-state index contributed by atoms with van der Waals surface area (Å²) in [7, 11) is 0. The summed E-state index contributed by atoms with van der Waals surface area (Å²) in [5.74, 6) is 0.901. The molecule has 0 aliphatic heterocycles. The minimum absolute atomic E-state index is 0.901. The summed E-state index contributed by atoms with van der Waals surface area (Å²) in [5, 5.41) is 4.86. The Morgan fingerprint density at radius 2 is 1.58 bits per heavy atom. The van der Waals surface area contributed by atoms with Crippen LogP contribution < -0.4 is 0 Å². The van der Waals surface area contributed by atoms with Crippen molar-refractivity contribution in [3.05, 3.63) is 77.3 Å². The molecule has 114 valence electrons. The van der Waals surface area contributed by atoms with Crippen LogP contribution in [-0.4, -0.2) is 9.97 Å². The number of imidazole rings is 1. The van der Waals surface area contributed by atoms with Crippen molar-refractivity contribution in [3.63, 3.8) is 0 Å². The Bertz CT molecular complexity index is 1210. The zero-order valence-electron chi connectivity index (χ0n) is 12.8. The van der Waals surface area contributed by atoms with E-state index in [1.54, 1.807) is 0 Å². The quantitative estimate of drug-likeness (QED) is 0.343. The van der Waals surface area contributed by atoms with Crippen molar-refractivity contribution < 1.29 is 0 Å². The van der Waals surface area contributed by atoms with Gasteiger partial charge in [-0.2, -0.15) is 0 Å². The topological polar surface area (TPSA) is 28.7 Å². The van der Waals surface area contributed by atoms with Gasteiger partial charge in [-0.05, 0) is 16.8 Å². The molecule has 5 rings (SSSR count). The van der Waals surface area contributed by atoms with Gasteiger partial charge in [0, 0.05) is 20.8 Å². The van der Waals surface area contributed by atoms with Crippen LogP contribution in [0.4, 0.5) is 0 Å². The van der Waals surface area contributed by atoms with Crippen molar-refractivity contribution in [1.29, 1.82) is 0 Å². The van der Waals surface area contributed by atoms with Gasteiger partial charge in [0.05, 0.1) is 11.0 Å². The molecule has 1 heterocycles. The number of nitrogens with one attached hydrogen (secondary N) is 1. The highest BCUT2D eigenvalue weighted by atomic mass is 79.9. The highest BCUT2D eigenvalue weighted by molar-refractivity contribution is 9.10. The van der Waals surface area contributed by atoms with Gasteiger partial charge in [-0.15, -0.1) is 0 Å². The average Bonchev–Trinajstić information content (AvgIpc) is 3.06. The largest absolute Gasteiger partial charge is 0.338 e. The molecule has 24 heavy (non-hydrogen) atoms. The summed E-state index contributed by atoms with van der Waals surface area (Å²) < 4.78 is 1.09. The predicted octanol–water partition coefficient (Wildman–Crippen LogP) is 6.30. The van der Waals surface area contributed by atoms with Crippen molar-refractivity contribution in [2.24, 2.45) is 0 Å². The van der Waals surface area contributed by atoms with E-state index in [-0.39, 0.29) is 0 Å². The van der Waals surface area contributed by atoms with Crippen molar-refractivity contribution in [3.8, 4) is 11.4 Å². The van der Waals surface area contributed by atoms with E-state index in [4.69, 9.17) is 4.98 Å². The lowest BCUT2D eigenvalue weighted by Crippen LogP contribution is -1.82. The summed E-state index contributed by atoms with van der Waals surface area (Å²) in [4.78, 5) is 8.33. The van der Waals surface area contributed by atoms with Gasteiger partial charge in [0.1, 0.15) is 5.82 Å². The number of halogens is 1. The molecule has 4 aromatic carbocycles. The van der Waals surface area contributed by atoms with E-state index in [0.29, 0.717) is 0 Å². The zero-order chi connectivity index (χ0) is 16.1. The molecular formula is C21H13BrN2. The van der Waals surface area contributed by atoms with Gasteiger partial charge in [0.25, 0.3) is 0 Å². The van der Waals surface area contributed by atoms with Crippen LogP contribution in [0.3, 0.4) is 0 Å². The predicted molar refractivity (Wildman–Crippen MR) is 104 cm³/mol. The van der Waals surface area contributed by atoms with Crippen molar-refractivity contribution >= 4 is 48.5 Å². The van der Waals surface area contributed by atoms with E-state index in [2.05, 4.69) is 75.5 Å². The van der Waals surface area contributed by atoms with Crippen LogP contribution in [0.15, 0.2) is 77.3 Å². The van der Waals surface area contributed by atoms with E-state index in [9.17, 15) is 0 Å². The maximum atomic E-state index is 4.88. The molecule has 0 saturated carbocycles. The molecule has 2 nitrogen and oxygen atoms in total. The van der Waals surface area contributed by atoms with Gasteiger partial charge in [0.15, 0.2) is 0 Å². The summed E-state index contributed by atoms with van der Waals surface area (Å²) >= 11 is 3.76. The monoisotopic (exact) mass is 372 g/mol. The van der Waals surface area contributed by atoms with Crippen LogP contribution in [-0.2, 0) is 0 Å². The first-order valence-electron chi connectivity index (χ1n) is 7.86. The molecule has 0 fully saturated rings. The molecule has 0 atom stereocenters. The minimum atomic E-state index is 0.901. The van der Waals surface area contributed by atoms with Gasteiger partial charge < -0.3 is 4.98 Å². The Morgan fingerprint density at radius 3 is 2.46 bits per heavy atom. The molecule has 0 saturated heterocycles. The second-order valence-corrected chi connectivity index (χ2v) is 6.77. The highest BCUT2D eigenvalue weighted by Gasteiger charge is 2.13. The Hall–Kier alpha value is -2.65. The lowest BCUT2D eigenvalue weighted by atomic mass is 10.0. The molecule has 1 aromatic heterocycles. The maximum absolute atomic E-state index is 4.88. The van der Waals surface area contributed by atoms with Gasteiger partial charge >= 0.3 is 0 Å². The third-order valence-electron chi connectivity index (χ3n) is 4.47. The fourth-order valence-corrected chi connectivity index (χ4v) is 4.01. The Kier molecular flexibility index (Phi) is 2.97. The number of aromatic amines is 1. The summed E-state index contributed by atoms with van der Waals surface area (Å²) in [6.45, 7) is 0. The van der Waals surface area contributed by atoms with Crippen molar-refractivity contribution in [2.45, 2.75) is 0 Å². The van der Waals surface area contributed by atoms with Crippen LogP contribution in [0.5, 0.6) is 0 Å². The number of rotatable bonds is 1. The van der Waals surface area contributed by atoms with Crippen LogP contribution in [0.1, 0.15) is 0 Å². The highest BCUT2D eigenvalue weighted by Crippen LogP contribution is 2.36. The molecule has 0 amide bonds. The van der Waals surface area contributed by atoms with Crippen LogP contribution >= 0.6 is 15.9 Å². The van der Waals surface area contributed by atoms with E-state index < -0.39 is 0 Å². The molecule has 0 aliphatic carbocycles. The standard InChI is InChI=1S/C21H13BrN2/c22-17-12-18-20(24-21(23-18)14-7-2-1-3-8-14)16-11-10-13-6-4-5-9-15(13)19(16)17/h1-12H,(H,23,24). The maximum Gasteiger partial charge on any atom is 0.138 e. The summed E-state index contributed by atoms with van der Waals surface area (Å²) in [6.07, 6.45) is 0. The molecule has 1 N–H and O–H groups in total.